The van der Waals surface area contributed by atoms with Gasteiger partial charge in [0.15, 0.2) is 0 Å². The van der Waals surface area contributed by atoms with Crippen LogP contribution in [0.1, 0.15) is 0 Å². The van der Waals surface area contributed by atoms with Gasteiger partial charge in [0.25, 0.3) is 0 Å². The summed E-state index contributed by atoms with van der Waals surface area (Å²) in [7, 11) is 0. The first kappa shape index (κ1) is 27.4. The summed E-state index contributed by atoms with van der Waals surface area (Å²) in [5.74, 6) is 17.6. The molecular formula is C20H34S8Te2. The van der Waals surface area contributed by atoms with Crippen LogP contribution in [0.25, 0.3) is 0 Å². The summed E-state index contributed by atoms with van der Waals surface area (Å²) < 4.78 is 5.53. The Morgan fingerprint density at radius 3 is 1.23 bits per heavy atom. The molecule has 0 spiro atoms. The molecule has 0 amide bonds. The SMILES string of the molecule is C(C[Te]C(CSCC1CS1)C(CSCC1CS1)[Te]CCSCC1CS1)SCC1CS1. The second-order valence-electron chi connectivity index (χ2n) is 7.86. The molecule has 0 aliphatic carbocycles. The maximum atomic E-state index is 2.35. The molecule has 4 fully saturated rings. The fraction of sp³-hybridized carbons (Fsp3) is 1.00. The fourth-order valence-corrected chi connectivity index (χ4v) is 25.0. The minimum absolute atomic E-state index is 0.194. The number of thioether (sulfide) groups is 8. The van der Waals surface area contributed by atoms with Gasteiger partial charge < -0.3 is 0 Å². The molecule has 0 aromatic rings. The number of hydrogen-bond acceptors (Lipinski definition) is 8. The first-order valence-corrected chi connectivity index (χ1v) is 25.7. The van der Waals surface area contributed by atoms with Crippen LogP contribution in [0.2, 0.25) is 16.9 Å². The van der Waals surface area contributed by atoms with Crippen molar-refractivity contribution in [3.63, 3.8) is 0 Å². The standard InChI is InChI=1S/C20H34S8Te2/c1(21-5-15-9-25-15)3-29-19(13-23-7-17-11-27-17)20(14-24-8-18-12-28-18)30-4-2-22-6-16-10-26-16/h15-20H,1-14H2. The van der Waals surface area contributed by atoms with E-state index in [1.165, 1.54) is 69.0 Å². The third-order valence-corrected chi connectivity index (χ3v) is 26.8. The Hall–Kier alpha value is 4.38. The molecule has 0 radical (unpaired) electrons. The molecule has 4 aliphatic rings. The van der Waals surface area contributed by atoms with Gasteiger partial charge in [0.2, 0.25) is 0 Å². The first-order valence-electron chi connectivity index (χ1n) is 10.9. The van der Waals surface area contributed by atoms with Crippen LogP contribution in [-0.4, -0.2) is 132 Å². The van der Waals surface area contributed by atoms with Crippen molar-refractivity contribution in [1.29, 1.82) is 0 Å². The van der Waals surface area contributed by atoms with Crippen LogP contribution >= 0.6 is 94.1 Å². The number of rotatable bonds is 21. The summed E-state index contributed by atoms with van der Waals surface area (Å²) in [4.78, 5) is 0. The van der Waals surface area contributed by atoms with Crippen LogP contribution in [-0.2, 0) is 0 Å². The van der Waals surface area contributed by atoms with Gasteiger partial charge in [0.1, 0.15) is 0 Å². The van der Waals surface area contributed by atoms with Crippen LogP contribution in [0.4, 0.5) is 0 Å². The van der Waals surface area contributed by atoms with E-state index >= 15 is 0 Å². The predicted molar refractivity (Wildman–Crippen MR) is 163 cm³/mol. The van der Waals surface area contributed by atoms with Crippen molar-refractivity contribution in [3.8, 4) is 0 Å². The van der Waals surface area contributed by atoms with Gasteiger partial charge >= 0.3 is 243 Å². The van der Waals surface area contributed by atoms with Crippen LogP contribution in [0.15, 0.2) is 0 Å². The van der Waals surface area contributed by atoms with Crippen LogP contribution in [0, 0.1) is 0 Å². The zero-order chi connectivity index (χ0) is 20.4. The van der Waals surface area contributed by atoms with Gasteiger partial charge in [-0.25, -0.2) is 0 Å². The maximum absolute atomic E-state index is 2.35. The van der Waals surface area contributed by atoms with E-state index in [0.717, 1.165) is 28.9 Å². The third kappa shape index (κ3) is 13.6. The van der Waals surface area contributed by atoms with Gasteiger partial charge in [0.05, 0.1) is 0 Å². The van der Waals surface area contributed by atoms with Crippen molar-refractivity contribution < 1.29 is 0 Å². The Bertz CT molecular complexity index is 430. The molecule has 0 N–H and O–H groups in total. The molecule has 4 heterocycles. The van der Waals surface area contributed by atoms with Crippen LogP contribution < -0.4 is 0 Å². The van der Waals surface area contributed by atoms with Gasteiger partial charge in [-0.3, -0.25) is 0 Å². The molecule has 4 rings (SSSR count). The Balaban J connectivity index is 1.18. The number of hydrogen-bond donors (Lipinski definition) is 0. The zero-order valence-electron chi connectivity index (χ0n) is 17.4. The van der Waals surface area contributed by atoms with Crippen molar-refractivity contribution in [2.45, 2.75) is 37.9 Å². The van der Waals surface area contributed by atoms with E-state index in [2.05, 4.69) is 94.1 Å². The summed E-state index contributed by atoms with van der Waals surface area (Å²) in [6, 6.07) is 0. The molecule has 4 saturated heterocycles. The van der Waals surface area contributed by atoms with E-state index in [0.29, 0.717) is 0 Å². The monoisotopic (exact) mass is 790 g/mol. The minimum atomic E-state index is 0.194. The summed E-state index contributed by atoms with van der Waals surface area (Å²) >= 11 is 18.4. The Morgan fingerprint density at radius 2 is 0.900 bits per heavy atom. The van der Waals surface area contributed by atoms with Crippen molar-refractivity contribution >= 4 is 136 Å². The normalized spacial score (nSPS) is 30.8. The van der Waals surface area contributed by atoms with E-state index in [1.54, 1.807) is 8.94 Å². The third-order valence-electron chi connectivity index (χ3n) is 4.92. The molecule has 30 heavy (non-hydrogen) atoms. The Kier molecular flexibility index (Phi) is 14.9. The second-order valence-corrected chi connectivity index (χ2v) is 25.3. The first-order chi connectivity index (χ1) is 14.9. The molecule has 6 atom stereocenters. The van der Waals surface area contributed by atoms with Crippen molar-refractivity contribution in [2.24, 2.45) is 0 Å². The van der Waals surface area contributed by atoms with Gasteiger partial charge in [0, 0.05) is 0 Å². The quantitative estimate of drug-likeness (QED) is 0.0758. The molecule has 0 saturated carbocycles. The van der Waals surface area contributed by atoms with Gasteiger partial charge in [-0.05, 0) is 0 Å². The zero-order valence-corrected chi connectivity index (χ0v) is 28.6. The molecular weight excluding hydrogens is 752 g/mol. The van der Waals surface area contributed by atoms with E-state index in [9.17, 15) is 0 Å². The molecule has 10 heteroatoms. The molecule has 0 aromatic heterocycles. The molecule has 6 unspecified atom stereocenters. The van der Waals surface area contributed by atoms with E-state index in [-0.39, 0.29) is 41.8 Å². The Labute approximate surface area is 239 Å². The summed E-state index contributed by atoms with van der Waals surface area (Å²) in [6.07, 6.45) is 0. The van der Waals surface area contributed by atoms with E-state index in [1.807, 2.05) is 0 Å². The summed E-state index contributed by atoms with van der Waals surface area (Å²) in [6.45, 7) is 0. The fourth-order valence-electron chi connectivity index (χ4n) is 2.76. The summed E-state index contributed by atoms with van der Waals surface area (Å²) in [5.41, 5.74) is 0. The molecule has 174 valence electrons. The molecule has 0 aromatic carbocycles. The average molecular weight is 786 g/mol. The van der Waals surface area contributed by atoms with Gasteiger partial charge in [-0.15, -0.1) is 0 Å². The topological polar surface area (TPSA) is 0 Å². The average Bonchev–Trinajstić information content (AvgIpc) is 3.55. The van der Waals surface area contributed by atoms with Crippen LogP contribution in [0.3, 0.4) is 0 Å². The van der Waals surface area contributed by atoms with Gasteiger partial charge in [-0.1, -0.05) is 0 Å². The van der Waals surface area contributed by atoms with Gasteiger partial charge in [-0.2, -0.15) is 0 Å². The van der Waals surface area contributed by atoms with E-state index in [4.69, 9.17) is 0 Å². The molecule has 4 aliphatic heterocycles. The second kappa shape index (κ2) is 16.3. The Morgan fingerprint density at radius 1 is 0.567 bits per heavy atom. The predicted octanol–water partition coefficient (Wildman–Crippen LogP) is 6.20. The van der Waals surface area contributed by atoms with Crippen molar-refractivity contribution in [2.75, 3.05) is 69.0 Å². The summed E-state index contributed by atoms with van der Waals surface area (Å²) in [5, 5.41) is 4.10. The van der Waals surface area contributed by atoms with Crippen LogP contribution in [0.5, 0.6) is 0 Å². The molecule has 0 nitrogen and oxygen atoms in total. The molecule has 0 bridgehead atoms. The van der Waals surface area contributed by atoms with E-state index < -0.39 is 0 Å². The van der Waals surface area contributed by atoms with Crippen molar-refractivity contribution in [1.82, 2.24) is 0 Å². The van der Waals surface area contributed by atoms with Crippen molar-refractivity contribution in [3.05, 3.63) is 0 Å².